The van der Waals surface area contributed by atoms with Crippen LogP contribution in [0.15, 0.2) is 42.5 Å². The fourth-order valence-corrected chi connectivity index (χ4v) is 3.65. The Morgan fingerprint density at radius 1 is 1.21 bits per heavy atom. The fraction of sp³-hybridized carbons (Fsp3) is 0.364. The normalized spacial score (nSPS) is 16.6. The number of aryl methyl sites for hydroxylation is 1. The third kappa shape index (κ3) is 5.32. The number of benzene rings is 2. The number of hydrogen-bond acceptors (Lipinski definition) is 5. The van der Waals surface area contributed by atoms with Crippen LogP contribution in [0.1, 0.15) is 30.4 Å². The molecule has 0 bridgehead atoms. The molecule has 2 aromatic rings. The smallest absolute Gasteiger partial charge is 0.318 e. The standard InChI is InChI=1S/C22H24INO4/c1-15-8-9-16(14-19-20(25)6-4-11-24-19)13-18(15)17-5-2-3-7-21(17)27-12-10-22(26)28-23/h2-3,5,7-9,13,19,24H,4,6,10-12,14H2,1H3. The highest BCUT2D eigenvalue weighted by molar-refractivity contribution is 14.1. The van der Waals surface area contributed by atoms with Crippen molar-refractivity contribution in [2.75, 3.05) is 13.2 Å². The average Bonchev–Trinajstić information content (AvgIpc) is 2.71. The Hall–Kier alpha value is -1.93. The summed E-state index contributed by atoms with van der Waals surface area (Å²) < 4.78 is 10.5. The van der Waals surface area contributed by atoms with E-state index in [4.69, 9.17) is 4.74 Å². The topological polar surface area (TPSA) is 64.6 Å². The first-order chi connectivity index (χ1) is 13.6. The summed E-state index contributed by atoms with van der Waals surface area (Å²) in [5.74, 6) is 0.719. The van der Waals surface area contributed by atoms with Gasteiger partial charge in [-0.05, 0) is 49.1 Å². The van der Waals surface area contributed by atoms with Crippen LogP contribution in [-0.2, 0) is 19.1 Å². The number of hydrogen-bond donors (Lipinski definition) is 1. The molecule has 0 aromatic heterocycles. The van der Waals surface area contributed by atoms with Gasteiger partial charge in [-0.1, -0.05) is 36.4 Å². The van der Waals surface area contributed by atoms with Crippen molar-refractivity contribution < 1.29 is 17.4 Å². The lowest BCUT2D eigenvalue weighted by molar-refractivity contribution is -0.131. The Bertz CT molecular complexity index is 852. The lowest BCUT2D eigenvalue weighted by atomic mass is 9.92. The quantitative estimate of drug-likeness (QED) is 0.587. The number of Topliss-reactive ketones (excluding diaryl/α,β-unsaturated/α-hetero) is 1. The second kappa shape index (κ2) is 10.0. The summed E-state index contributed by atoms with van der Waals surface area (Å²) in [5.41, 5.74) is 4.31. The van der Waals surface area contributed by atoms with Crippen LogP contribution in [-0.4, -0.2) is 30.9 Å². The summed E-state index contributed by atoms with van der Waals surface area (Å²) in [5, 5.41) is 3.33. The molecular weight excluding hydrogens is 469 g/mol. The molecule has 28 heavy (non-hydrogen) atoms. The first-order valence-corrected chi connectivity index (χ1v) is 10.4. The van der Waals surface area contributed by atoms with Gasteiger partial charge < -0.3 is 13.1 Å². The molecule has 1 aliphatic heterocycles. The maximum atomic E-state index is 12.2. The lowest BCUT2D eigenvalue weighted by Gasteiger charge is -2.23. The van der Waals surface area contributed by atoms with Crippen molar-refractivity contribution in [3.63, 3.8) is 0 Å². The van der Waals surface area contributed by atoms with Crippen molar-refractivity contribution in [1.29, 1.82) is 0 Å². The van der Waals surface area contributed by atoms with Gasteiger partial charge in [-0.2, -0.15) is 0 Å². The van der Waals surface area contributed by atoms with Gasteiger partial charge in [0, 0.05) is 12.0 Å². The van der Waals surface area contributed by atoms with Gasteiger partial charge in [-0.25, -0.2) is 0 Å². The Kier molecular flexibility index (Phi) is 7.44. The Labute approximate surface area is 179 Å². The Morgan fingerprint density at radius 3 is 2.82 bits per heavy atom. The van der Waals surface area contributed by atoms with E-state index in [1.807, 2.05) is 24.3 Å². The monoisotopic (exact) mass is 493 g/mol. The molecule has 1 aliphatic rings. The number of ether oxygens (including phenoxy) is 1. The van der Waals surface area contributed by atoms with Crippen LogP contribution in [0.5, 0.6) is 5.75 Å². The SMILES string of the molecule is Cc1ccc(CC2NCCCC2=O)cc1-c1ccccc1OCCC(=O)OI. The molecular formula is C22H24INO4. The van der Waals surface area contributed by atoms with Crippen molar-refractivity contribution in [3.05, 3.63) is 53.6 Å². The highest BCUT2D eigenvalue weighted by atomic mass is 127. The van der Waals surface area contributed by atoms with E-state index >= 15 is 0 Å². The van der Waals surface area contributed by atoms with E-state index in [-0.39, 0.29) is 25.0 Å². The summed E-state index contributed by atoms with van der Waals surface area (Å²) >= 11 is 1.58. The molecule has 6 heteroatoms. The number of rotatable bonds is 7. The average molecular weight is 493 g/mol. The minimum atomic E-state index is -0.305. The first kappa shape index (κ1) is 20.8. The zero-order valence-corrected chi connectivity index (χ0v) is 18.0. The predicted octanol–water partition coefficient (Wildman–Crippen LogP) is 4.19. The Morgan fingerprint density at radius 2 is 2.04 bits per heavy atom. The summed E-state index contributed by atoms with van der Waals surface area (Å²) in [7, 11) is 0. The number of piperidine rings is 1. The second-order valence-corrected chi connectivity index (χ2v) is 7.41. The second-order valence-electron chi connectivity index (χ2n) is 6.97. The van der Waals surface area contributed by atoms with Crippen LogP contribution in [0.25, 0.3) is 11.1 Å². The molecule has 0 radical (unpaired) electrons. The highest BCUT2D eigenvalue weighted by Crippen LogP contribution is 2.33. The van der Waals surface area contributed by atoms with Crippen molar-refractivity contribution in [3.8, 4) is 16.9 Å². The van der Waals surface area contributed by atoms with Gasteiger partial charge in [0.25, 0.3) is 0 Å². The van der Waals surface area contributed by atoms with Gasteiger partial charge in [-0.3, -0.25) is 9.59 Å². The van der Waals surface area contributed by atoms with E-state index in [1.54, 1.807) is 23.0 Å². The molecule has 0 aliphatic carbocycles. The van der Waals surface area contributed by atoms with Crippen LogP contribution >= 0.6 is 23.0 Å². The van der Waals surface area contributed by atoms with E-state index in [0.717, 1.165) is 41.0 Å². The van der Waals surface area contributed by atoms with Gasteiger partial charge in [0.05, 0.1) is 19.1 Å². The van der Waals surface area contributed by atoms with Crippen molar-refractivity contribution in [1.82, 2.24) is 5.32 Å². The summed E-state index contributed by atoms with van der Waals surface area (Å²) in [6.07, 6.45) is 2.47. The molecule has 5 nitrogen and oxygen atoms in total. The predicted molar refractivity (Wildman–Crippen MR) is 117 cm³/mol. The maximum absolute atomic E-state index is 12.2. The highest BCUT2D eigenvalue weighted by Gasteiger charge is 2.22. The van der Waals surface area contributed by atoms with E-state index < -0.39 is 0 Å². The molecule has 1 saturated heterocycles. The van der Waals surface area contributed by atoms with E-state index in [1.165, 1.54) is 0 Å². The molecule has 1 fully saturated rings. The van der Waals surface area contributed by atoms with Crippen LogP contribution < -0.4 is 10.1 Å². The maximum Gasteiger partial charge on any atom is 0.318 e. The fourth-order valence-electron chi connectivity index (χ4n) is 3.43. The van der Waals surface area contributed by atoms with Gasteiger partial charge in [0.1, 0.15) is 11.5 Å². The number of halogens is 1. The molecule has 0 spiro atoms. The number of para-hydroxylation sites is 1. The molecule has 1 unspecified atom stereocenters. The number of carbonyl (C=O) groups is 2. The van der Waals surface area contributed by atoms with Gasteiger partial charge in [0.15, 0.2) is 23.0 Å². The molecule has 0 saturated carbocycles. The van der Waals surface area contributed by atoms with Crippen molar-refractivity contribution in [2.45, 2.75) is 38.6 Å². The molecule has 1 atom stereocenters. The number of nitrogens with one attached hydrogen (secondary N) is 1. The number of ketones is 1. The Balaban J connectivity index is 1.81. The minimum absolute atomic E-state index is 0.102. The van der Waals surface area contributed by atoms with Crippen LogP contribution in [0.4, 0.5) is 0 Å². The largest absolute Gasteiger partial charge is 0.492 e. The lowest BCUT2D eigenvalue weighted by Crippen LogP contribution is -2.43. The third-order valence-electron chi connectivity index (χ3n) is 4.95. The van der Waals surface area contributed by atoms with Gasteiger partial charge >= 0.3 is 5.97 Å². The van der Waals surface area contributed by atoms with Gasteiger partial charge in [0.2, 0.25) is 0 Å². The molecule has 3 rings (SSSR count). The third-order valence-corrected chi connectivity index (χ3v) is 5.44. The molecule has 148 valence electrons. The van der Waals surface area contributed by atoms with Crippen molar-refractivity contribution >= 4 is 34.8 Å². The number of carbonyl (C=O) groups excluding carboxylic acids is 2. The summed E-state index contributed by atoms with van der Waals surface area (Å²) in [4.78, 5) is 23.5. The van der Waals surface area contributed by atoms with Crippen LogP contribution in [0, 0.1) is 6.92 Å². The van der Waals surface area contributed by atoms with E-state index in [2.05, 4.69) is 33.5 Å². The molecule has 1 N–H and O–H groups in total. The first-order valence-electron chi connectivity index (χ1n) is 9.47. The zero-order chi connectivity index (χ0) is 19.9. The van der Waals surface area contributed by atoms with Gasteiger partial charge in [-0.15, -0.1) is 0 Å². The van der Waals surface area contributed by atoms with E-state index in [0.29, 0.717) is 18.6 Å². The van der Waals surface area contributed by atoms with Crippen LogP contribution in [0.2, 0.25) is 0 Å². The zero-order valence-electron chi connectivity index (χ0n) is 15.9. The van der Waals surface area contributed by atoms with E-state index in [9.17, 15) is 9.59 Å². The van der Waals surface area contributed by atoms with Crippen LogP contribution in [0.3, 0.4) is 0 Å². The molecule has 1 heterocycles. The van der Waals surface area contributed by atoms with Crippen molar-refractivity contribution in [2.24, 2.45) is 0 Å². The summed E-state index contributed by atoms with van der Waals surface area (Å²) in [6, 6.07) is 14.0. The summed E-state index contributed by atoms with van der Waals surface area (Å²) in [6.45, 7) is 3.22. The molecule has 2 aromatic carbocycles. The minimum Gasteiger partial charge on any atom is -0.492 e. The molecule has 0 amide bonds.